The molecule has 1 aromatic carbocycles. The van der Waals surface area contributed by atoms with Crippen LogP contribution in [0.3, 0.4) is 0 Å². The number of carbonyl (C=O) groups is 1. The monoisotopic (exact) mass is 270 g/mol. The molecule has 0 aliphatic carbocycles. The smallest absolute Gasteiger partial charge is 0.231 e. The molecular weight excluding hydrogens is 263 g/mol. The molecule has 1 heterocycles. The number of benzene rings is 1. The zero-order chi connectivity index (χ0) is 12.3. The van der Waals surface area contributed by atoms with Gasteiger partial charge in [0.2, 0.25) is 6.79 Å². The van der Waals surface area contributed by atoms with Crippen molar-refractivity contribution in [2.75, 3.05) is 6.79 Å². The highest BCUT2D eigenvalue weighted by Gasteiger charge is 2.14. The first-order valence-electron chi connectivity index (χ1n) is 4.80. The molecule has 17 heavy (non-hydrogen) atoms. The van der Waals surface area contributed by atoms with E-state index >= 15 is 0 Å². The maximum absolute atomic E-state index is 11.7. The molecule has 1 aromatic rings. The van der Waals surface area contributed by atoms with Crippen LogP contribution >= 0.6 is 23.2 Å². The molecule has 0 spiro atoms. The lowest BCUT2D eigenvalue weighted by atomic mass is 10.1. The van der Waals surface area contributed by atoms with Gasteiger partial charge in [0.25, 0.3) is 0 Å². The van der Waals surface area contributed by atoms with E-state index < -0.39 is 0 Å². The van der Waals surface area contributed by atoms with Gasteiger partial charge in [-0.1, -0.05) is 29.3 Å². The normalized spacial score (nSPS) is 12.8. The molecule has 0 N–H and O–H groups in total. The Balaban J connectivity index is 2.15. The minimum absolute atomic E-state index is 0.0970. The molecule has 0 atom stereocenters. The topological polar surface area (TPSA) is 35.5 Å². The number of ketones is 1. The van der Waals surface area contributed by atoms with Crippen molar-refractivity contribution in [1.82, 2.24) is 0 Å². The van der Waals surface area contributed by atoms with Crippen molar-refractivity contribution in [2.24, 2.45) is 0 Å². The Hall–Kier alpha value is -1.45. The Bertz CT molecular complexity index is 502. The maximum Gasteiger partial charge on any atom is 0.231 e. The Morgan fingerprint density at radius 1 is 1.24 bits per heavy atom. The van der Waals surface area contributed by atoms with Crippen LogP contribution in [0.5, 0.6) is 11.5 Å². The summed E-state index contributed by atoms with van der Waals surface area (Å²) in [4.78, 5) is 11.7. The summed E-state index contributed by atoms with van der Waals surface area (Å²) in [6.45, 7) is 0.188. The molecule has 3 nitrogen and oxygen atoms in total. The molecule has 0 unspecified atom stereocenters. The summed E-state index contributed by atoms with van der Waals surface area (Å²) < 4.78 is 10.4. The predicted octanol–water partition coefficient (Wildman–Crippen LogP) is 3.47. The van der Waals surface area contributed by atoms with Crippen molar-refractivity contribution in [3.8, 4) is 11.5 Å². The molecule has 1 aliphatic rings. The SMILES string of the molecule is O=C(C=CC=C(Cl)Cl)c1ccc2c(c1)OCO2. The van der Waals surface area contributed by atoms with Gasteiger partial charge < -0.3 is 9.47 Å². The van der Waals surface area contributed by atoms with Gasteiger partial charge in [-0.3, -0.25) is 4.79 Å². The van der Waals surface area contributed by atoms with E-state index in [4.69, 9.17) is 32.7 Å². The standard InChI is InChI=1S/C12H8Cl2O3/c13-12(14)3-1-2-9(15)8-4-5-10-11(6-8)17-7-16-10/h1-6H,7H2. The van der Waals surface area contributed by atoms with E-state index in [-0.39, 0.29) is 17.1 Å². The third-order valence-electron chi connectivity index (χ3n) is 2.13. The lowest BCUT2D eigenvalue weighted by Crippen LogP contribution is -1.94. The number of hydrogen-bond acceptors (Lipinski definition) is 3. The van der Waals surface area contributed by atoms with Gasteiger partial charge in [-0.2, -0.15) is 0 Å². The van der Waals surface area contributed by atoms with Crippen molar-refractivity contribution in [3.05, 3.63) is 46.5 Å². The third-order valence-corrected chi connectivity index (χ3v) is 2.38. The van der Waals surface area contributed by atoms with Crippen LogP contribution in [0.1, 0.15) is 10.4 Å². The third kappa shape index (κ3) is 3.02. The van der Waals surface area contributed by atoms with E-state index in [0.29, 0.717) is 17.1 Å². The van der Waals surface area contributed by atoms with Gasteiger partial charge in [0.15, 0.2) is 17.3 Å². The summed E-state index contributed by atoms with van der Waals surface area (Å²) in [6, 6.07) is 5.01. The Kier molecular flexibility index (Phi) is 3.71. The number of ether oxygens (including phenoxy) is 2. The lowest BCUT2D eigenvalue weighted by Gasteiger charge is -1.98. The number of fused-ring (bicyclic) bond motifs is 1. The molecular formula is C12H8Cl2O3. The summed E-state index contributed by atoms with van der Waals surface area (Å²) in [5.74, 6) is 1.07. The molecule has 0 aromatic heterocycles. The molecule has 0 amide bonds. The summed E-state index contributed by atoms with van der Waals surface area (Å²) in [5, 5.41) is 0. The van der Waals surface area contributed by atoms with Gasteiger partial charge in [-0.25, -0.2) is 0 Å². The Morgan fingerprint density at radius 3 is 2.76 bits per heavy atom. The van der Waals surface area contributed by atoms with Gasteiger partial charge in [-0.05, 0) is 30.4 Å². The van der Waals surface area contributed by atoms with Gasteiger partial charge >= 0.3 is 0 Å². The van der Waals surface area contributed by atoms with Crippen molar-refractivity contribution < 1.29 is 14.3 Å². The van der Waals surface area contributed by atoms with Gasteiger partial charge in [0.1, 0.15) is 4.49 Å². The largest absolute Gasteiger partial charge is 0.454 e. The first kappa shape index (κ1) is 12.0. The summed E-state index contributed by atoms with van der Waals surface area (Å²) in [5.41, 5.74) is 0.518. The number of halogens is 2. The molecule has 0 saturated carbocycles. The molecule has 0 bridgehead atoms. The van der Waals surface area contributed by atoms with Crippen molar-refractivity contribution in [2.45, 2.75) is 0 Å². The van der Waals surface area contributed by atoms with Crippen LogP contribution in [0.15, 0.2) is 40.9 Å². The average molecular weight is 271 g/mol. The molecule has 88 valence electrons. The first-order valence-corrected chi connectivity index (χ1v) is 5.56. The lowest BCUT2D eigenvalue weighted by molar-refractivity contribution is 0.104. The van der Waals surface area contributed by atoms with Crippen molar-refractivity contribution in [3.63, 3.8) is 0 Å². The van der Waals surface area contributed by atoms with Crippen LogP contribution in [0.2, 0.25) is 0 Å². The first-order chi connectivity index (χ1) is 8.16. The van der Waals surface area contributed by atoms with Crippen LogP contribution in [0.4, 0.5) is 0 Å². The second-order valence-corrected chi connectivity index (χ2v) is 4.26. The zero-order valence-corrected chi connectivity index (χ0v) is 10.2. The van der Waals surface area contributed by atoms with Crippen molar-refractivity contribution >= 4 is 29.0 Å². The second kappa shape index (κ2) is 5.25. The Morgan fingerprint density at radius 2 is 2.00 bits per heavy atom. The van der Waals surface area contributed by atoms with Gasteiger partial charge in [-0.15, -0.1) is 0 Å². The van der Waals surface area contributed by atoms with E-state index in [2.05, 4.69) is 0 Å². The number of rotatable bonds is 3. The van der Waals surface area contributed by atoms with E-state index in [1.807, 2.05) is 0 Å². The van der Waals surface area contributed by atoms with E-state index in [9.17, 15) is 4.79 Å². The van der Waals surface area contributed by atoms with Crippen LogP contribution in [0, 0.1) is 0 Å². The number of allylic oxidation sites excluding steroid dienone is 3. The van der Waals surface area contributed by atoms with E-state index in [1.165, 1.54) is 18.2 Å². The molecule has 0 saturated heterocycles. The summed E-state index contributed by atoms with van der Waals surface area (Å²) in [7, 11) is 0. The van der Waals surface area contributed by atoms with Crippen LogP contribution in [0.25, 0.3) is 0 Å². The highest BCUT2D eigenvalue weighted by Crippen LogP contribution is 2.32. The van der Waals surface area contributed by atoms with Crippen LogP contribution < -0.4 is 9.47 Å². The maximum atomic E-state index is 11.7. The van der Waals surface area contributed by atoms with Gasteiger partial charge in [0, 0.05) is 5.56 Å². The Labute approximate surface area is 108 Å². The highest BCUT2D eigenvalue weighted by molar-refractivity contribution is 6.56. The van der Waals surface area contributed by atoms with E-state index in [0.717, 1.165) is 0 Å². The molecule has 0 radical (unpaired) electrons. The zero-order valence-electron chi connectivity index (χ0n) is 8.65. The molecule has 0 fully saturated rings. The minimum atomic E-state index is -0.158. The predicted molar refractivity (Wildman–Crippen MR) is 65.8 cm³/mol. The van der Waals surface area contributed by atoms with Crippen LogP contribution in [-0.4, -0.2) is 12.6 Å². The summed E-state index contributed by atoms with van der Waals surface area (Å²) in [6.07, 6.45) is 4.29. The van der Waals surface area contributed by atoms with E-state index in [1.54, 1.807) is 18.2 Å². The minimum Gasteiger partial charge on any atom is -0.454 e. The molecule has 1 aliphatic heterocycles. The molecule has 2 rings (SSSR count). The fourth-order valence-electron chi connectivity index (χ4n) is 1.35. The quantitative estimate of drug-likeness (QED) is 0.479. The van der Waals surface area contributed by atoms with Gasteiger partial charge in [0.05, 0.1) is 0 Å². The average Bonchev–Trinajstić information content (AvgIpc) is 2.75. The number of carbonyl (C=O) groups excluding carboxylic acids is 1. The number of hydrogen-bond donors (Lipinski definition) is 0. The van der Waals surface area contributed by atoms with Crippen LogP contribution in [-0.2, 0) is 0 Å². The molecule has 5 heteroatoms. The highest BCUT2D eigenvalue weighted by atomic mass is 35.5. The second-order valence-electron chi connectivity index (χ2n) is 3.25. The van der Waals surface area contributed by atoms with Crippen molar-refractivity contribution in [1.29, 1.82) is 0 Å². The summed E-state index contributed by atoms with van der Waals surface area (Å²) >= 11 is 10.8. The fraction of sp³-hybridized carbons (Fsp3) is 0.0833. The fourth-order valence-corrected chi connectivity index (χ4v) is 1.50.